The summed E-state index contributed by atoms with van der Waals surface area (Å²) in [7, 11) is 1.65. The first-order chi connectivity index (χ1) is 7.78. The first kappa shape index (κ1) is 9.08. The van der Waals surface area contributed by atoms with Crippen molar-refractivity contribution in [2.75, 3.05) is 7.11 Å². The van der Waals surface area contributed by atoms with Gasteiger partial charge in [-0.05, 0) is 18.6 Å². The molecular formula is C11H10N4O. The van der Waals surface area contributed by atoms with E-state index in [0.29, 0.717) is 5.78 Å². The van der Waals surface area contributed by atoms with Crippen LogP contribution >= 0.6 is 0 Å². The van der Waals surface area contributed by atoms with Crippen LogP contribution < -0.4 is 4.74 Å². The topological polar surface area (TPSA) is 52.3 Å². The summed E-state index contributed by atoms with van der Waals surface area (Å²) in [4.78, 5) is 8.51. The maximum atomic E-state index is 5.25. The summed E-state index contributed by atoms with van der Waals surface area (Å²) in [5.74, 6) is 1.43. The van der Waals surface area contributed by atoms with Gasteiger partial charge in [-0.15, -0.1) is 0 Å². The molecule has 0 aliphatic heterocycles. The molecule has 3 rings (SSSR count). The van der Waals surface area contributed by atoms with Crippen molar-refractivity contribution >= 4 is 16.8 Å². The Morgan fingerprint density at radius 1 is 1.25 bits per heavy atom. The van der Waals surface area contributed by atoms with E-state index in [1.54, 1.807) is 24.0 Å². The minimum Gasteiger partial charge on any atom is -0.496 e. The molecule has 0 bridgehead atoms. The van der Waals surface area contributed by atoms with Crippen LogP contribution in [0.15, 0.2) is 24.5 Å². The highest BCUT2D eigenvalue weighted by molar-refractivity contribution is 5.78. The van der Waals surface area contributed by atoms with Crippen molar-refractivity contribution in [2.45, 2.75) is 6.92 Å². The fourth-order valence-corrected chi connectivity index (χ4v) is 1.72. The molecule has 0 amide bonds. The van der Waals surface area contributed by atoms with Gasteiger partial charge < -0.3 is 4.74 Å². The number of fused-ring (bicyclic) bond motifs is 2. The lowest BCUT2D eigenvalue weighted by Crippen LogP contribution is -1.97. The third-order valence-electron chi connectivity index (χ3n) is 2.53. The number of methoxy groups -OCH3 is 1. The maximum absolute atomic E-state index is 5.25. The number of hydrogen-bond donors (Lipinski definition) is 0. The van der Waals surface area contributed by atoms with Gasteiger partial charge >= 0.3 is 0 Å². The average molecular weight is 214 g/mol. The van der Waals surface area contributed by atoms with Gasteiger partial charge in [0.05, 0.1) is 18.8 Å². The van der Waals surface area contributed by atoms with Gasteiger partial charge in [-0.1, -0.05) is 0 Å². The van der Waals surface area contributed by atoms with Crippen LogP contribution in [-0.2, 0) is 0 Å². The van der Waals surface area contributed by atoms with Crippen LogP contribution in [-0.4, -0.2) is 26.7 Å². The van der Waals surface area contributed by atoms with Crippen molar-refractivity contribution < 1.29 is 4.74 Å². The summed E-state index contributed by atoms with van der Waals surface area (Å²) in [6, 6.07) is 3.84. The van der Waals surface area contributed by atoms with Gasteiger partial charge in [0.2, 0.25) is 0 Å². The number of aryl methyl sites for hydroxylation is 1. The Morgan fingerprint density at radius 2 is 2.12 bits per heavy atom. The van der Waals surface area contributed by atoms with Gasteiger partial charge in [0, 0.05) is 12.3 Å². The lowest BCUT2D eigenvalue weighted by Gasteiger charge is -2.05. The Morgan fingerprint density at radius 3 is 2.94 bits per heavy atom. The summed E-state index contributed by atoms with van der Waals surface area (Å²) in [6.07, 6.45) is 3.45. The second-order valence-corrected chi connectivity index (χ2v) is 3.59. The van der Waals surface area contributed by atoms with E-state index in [2.05, 4.69) is 15.1 Å². The normalized spacial score (nSPS) is 11.1. The predicted octanol–water partition coefficient (Wildman–Crippen LogP) is 1.59. The zero-order valence-electron chi connectivity index (χ0n) is 9.01. The third-order valence-corrected chi connectivity index (χ3v) is 2.53. The van der Waals surface area contributed by atoms with E-state index >= 15 is 0 Å². The first-order valence-corrected chi connectivity index (χ1v) is 4.93. The Labute approximate surface area is 91.7 Å². The molecule has 0 spiro atoms. The summed E-state index contributed by atoms with van der Waals surface area (Å²) >= 11 is 0. The zero-order valence-corrected chi connectivity index (χ0v) is 9.01. The van der Waals surface area contributed by atoms with Crippen LogP contribution in [0, 0.1) is 6.92 Å². The van der Waals surface area contributed by atoms with E-state index in [9.17, 15) is 0 Å². The maximum Gasteiger partial charge on any atom is 0.251 e. The smallest absolute Gasteiger partial charge is 0.251 e. The van der Waals surface area contributed by atoms with Crippen LogP contribution in [0.2, 0.25) is 0 Å². The predicted molar refractivity (Wildman–Crippen MR) is 59.6 cm³/mol. The molecule has 0 aliphatic carbocycles. The van der Waals surface area contributed by atoms with Gasteiger partial charge in [-0.3, -0.25) is 0 Å². The van der Waals surface area contributed by atoms with E-state index in [0.717, 1.165) is 22.3 Å². The van der Waals surface area contributed by atoms with Gasteiger partial charge in [0.15, 0.2) is 0 Å². The fraction of sp³-hybridized carbons (Fsp3) is 0.182. The molecule has 80 valence electrons. The van der Waals surface area contributed by atoms with Gasteiger partial charge in [-0.25, -0.2) is 14.5 Å². The number of rotatable bonds is 1. The summed E-state index contributed by atoms with van der Waals surface area (Å²) in [5.41, 5.74) is 2.67. The molecule has 2 heterocycles. The first-order valence-electron chi connectivity index (χ1n) is 4.93. The SMILES string of the molecule is COc1cc2nn3ccnc3nc2cc1C. The molecule has 3 aromatic rings. The second kappa shape index (κ2) is 3.16. The highest BCUT2D eigenvalue weighted by Crippen LogP contribution is 2.22. The van der Waals surface area contributed by atoms with Crippen molar-refractivity contribution in [1.82, 2.24) is 19.6 Å². The molecule has 0 saturated carbocycles. The third kappa shape index (κ3) is 1.21. The molecule has 5 nitrogen and oxygen atoms in total. The van der Waals surface area contributed by atoms with Crippen molar-refractivity contribution in [3.63, 3.8) is 0 Å². The summed E-state index contributed by atoms with van der Waals surface area (Å²) in [5, 5.41) is 4.40. The molecule has 0 atom stereocenters. The van der Waals surface area contributed by atoms with E-state index in [1.165, 1.54) is 0 Å². The number of ether oxygens (including phenoxy) is 1. The molecule has 5 heteroatoms. The van der Waals surface area contributed by atoms with Crippen LogP contribution in [0.1, 0.15) is 5.56 Å². The molecule has 1 aromatic carbocycles. The molecule has 0 fully saturated rings. The average Bonchev–Trinajstić information content (AvgIpc) is 2.72. The molecule has 0 saturated heterocycles. The van der Waals surface area contributed by atoms with Crippen LogP contribution in [0.3, 0.4) is 0 Å². The zero-order chi connectivity index (χ0) is 11.1. The minimum absolute atomic E-state index is 0.608. The number of nitrogens with zero attached hydrogens (tertiary/aromatic N) is 4. The molecular weight excluding hydrogens is 204 g/mol. The Hall–Kier alpha value is -2.17. The van der Waals surface area contributed by atoms with Crippen molar-refractivity contribution in [1.29, 1.82) is 0 Å². The monoisotopic (exact) mass is 214 g/mol. The number of aromatic nitrogens is 4. The van der Waals surface area contributed by atoms with Gasteiger partial charge in [0.25, 0.3) is 5.78 Å². The van der Waals surface area contributed by atoms with E-state index in [4.69, 9.17) is 4.74 Å². The minimum atomic E-state index is 0.608. The molecule has 0 unspecified atom stereocenters. The molecule has 2 aromatic heterocycles. The van der Waals surface area contributed by atoms with Gasteiger partial charge in [0.1, 0.15) is 11.3 Å². The largest absolute Gasteiger partial charge is 0.496 e. The summed E-state index contributed by atoms with van der Waals surface area (Å²) < 4.78 is 6.90. The highest BCUT2D eigenvalue weighted by atomic mass is 16.5. The summed E-state index contributed by atoms with van der Waals surface area (Å²) in [6.45, 7) is 1.98. The number of hydrogen-bond acceptors (Lipinski definition) is 4. The van der Waals surface area contributed by atoms with E-state index in [-0.39, 0.29) is 0 Å². The van der Waals surface area contributed by atoms with E-state index < -0.39 is 0 Å². The molecule has 0 radical (unpaired) electrons. The lowest BCUT2D eigenvalue weighted by atomic mass is 10.2. The Balaban J connectivity index is 2.41. The number of benzene rings is 1. The Bertz CT molecular complexity index is 674. The van der Waals surface area contributed by atoms with Crippen molar-refractivity contribution in [3.05, 3.63) is 30.1 Å². The van der Waals surface area contributed by atoms with Crippen molar-refractivity contribution in [2.24, 2.45) is 0 Å². The van der Waals surface area contributed by atoms with Crippen molar-refractivity contribution in [3.8, 4) is 5.75 Å². The van der Waals surface area contributed by atoms with E-state index in [1.807, 2.05) is 19.1 Å². The molecule has 0 aliphatic rings. The lowest BCUT2D eigenvalue weighted by molar-refractivity contribution is 0.412. The van der Waals surface area contributed by atoms with Crippen LogP contribution in [0.25, 0.3) is 16.8 Å². The molecule has 0 N–H and O–H groups in total. The number of imidazole rings is 1. The highest BCUT2D eigenvalue weighted by Gasteiger charge is 2.06. The standard InChI is InChI=1S/C11H10N4O/c1-7-5-8-9(6-10(7)16-2)14-15-4-3-12-11(15)13-8/h3-6H,1-2H3. The van der Waals surface area contributed by atoms with Crippen LogP contribution in [0.4, 0.5) is 0 Å². The molecule has 16 heavy (non-hydrogen) atoms. The second-order valence-electron chi connectivity index (χ2n) is 3.59. The quantitative estimate of drug-likeness (QED) is 0.617. The van der Waals surface area contributed by atoms with Crippen LogP contribution in [0.5, 0.6) is 5.75 Å². The van der Waals surface area contributed by atoms with Gasteiger partial charge in [-0.2, -0.15) is 5.10 Å². The fourth-order valence-electron chi connectivity index (χ4n) is 1.72. The Kier molecular flexibility index (Phi) is 1.80.